The van der Waals surface area contributed by atoms with E-state index in [-0.39, 0.29) is 13.2 Å². The van der Waals surface area contributed by atoms with Crippen LogP contribution in [0.3, 0.4) is 0 Å². The van der Waals surface area contributed by atoms with Crippen molar-refractivity contribution in [2.45, 2.75) is 45.7 Å². The molecule has 2 unspecified atom stereocenters. The second-order valence-corrected chi connectivity index (χ2v) is 6.02. The van der Waals surface area contributed by atoms with Crippen LogP contribution in [0.5, 0.6) is 0 Å². The van der Waals surface area contributed by atoms with E-state index in [9.17, 15) is 9.59 Å². The van der Waals surface area contributed by atoms with Gasteiger partial charge in [-0.2, -0.15) is 0 Å². The number of fused-ring (bicyclic) bond motifs is 1. The fourth-order valence-electron chi connectivity index (χ4n) is 2.89. The third-order valence-corrected chi connectivity index (χ3v) is 4.77. The Hall–Kier alpha value is -1.31. The molecule has 0 radical (unpaired) electrons. The molecule has 1 N–H and O–H groups in total. The molecule has 2 heterocycles. The molecule has 7 heteroatoms. The van der Waals surface area contributed by atoms with Gasteiger partial charge in [0.1, 0.15) is 0 Å². The van der Waals surface area contributed by atoms with Crippen LogP contribution in [0.1, 0.15) is 34.1 Å². The molecule has 0 bridgehead atoms. The Morgan fingerprint density at radius 1 is 1.27 bits per heavy atom. The molecule has 2 aliphatic rings. The van der Waals surface area contributed by atoms with E-state index in [1.807, 2.05) is 13.8 Å². The summed E-state index contributed by atoms with van der Waals surface area (Å²) < 4.78 is 10.3. The number of hydrogen-bond acceptors (Lipinski definition) is 7. The maximum atomic E-state index is 12.6. The normalized spacial score (nSPS) is 28.5. The lowest BCUT2D eigenvalue weighted by molar-refractivity contribution is -0.154. The molecule has 0 aromatic rings. The Balaban J connectivity index is 2.40. The number of hydrazine groups is 1. The molecule has 0 spiro atoms. The number of ether oxygens (including phenoxy) is 2. The van der Waals surface area contributed by atoms with Gasteiger partial charge in [0.2, 0.25) is 0 Å². The van der Waals surface area contributed by atoms with Crippen LogP contribution in [-0.2, 0) is 19.1 Å². The van der Waals surface area contributed by atoms with Crippen LogP contribution in [0.15, 0.2) is 11.1 Å². The third-order valence-electron chi connectivity index (χ3n) is 4.20. The highest BCUT2D eigenvalue weighted by Gasteiger charge is 2.60. The summed E-state index contributed by atoms with van der Waals surface area (Å²) in [6, 6.07) is -0.793. The summed E-state index contributed by atoms with van der Waals surface area (Å²) in [4.78, 5) is 25.1. The van der Waals surface area contributed by atoms with Gasteiger partial charge >= 0.3 is 11.9 Å². The minimum absolute atomic E-state index is 0.266. The van der Waals surface area contributed by atoms with Crippen LogP contribution in [0.25, 0.3) is 0 Å². The van der Waals surface area contributed by atoms with Crippen LogP contribution in [0.4, 0.5) is 0 Å². The van der Waals surface area contributed by atoms with E-state index < -0.39 is 23.5 Å². The molecule has 2 aliphatic heterocycles. The maximum absolute atomic E-state index is 12.6. The zero-order valence-electron chi connectivity index (χ0n) is 13.4. The van der Waals surface area contributed by atoms with Gasteiger partial charge < -0.3 is 9.47 Å². The molecule has 2 rings (SSSR count). The van der Waals surface area contributed by atoms with Gasteiger partial charge in [-0.25, -0.2) is 20.0 Å². The average Bonchev–Trinajstić information content (AvgIpc) is 2.74. The smallest absolute Gasteiger partial charge is 0.333 e. The van der Waals surface area contributed by atoms with Crippen LogP contribution in [-0.4, -0.2) is 53.2 Å². The molecule has 1 fully saturated rings. The van der Waals surface area contributed by atoms with E-state index in [0.717, 1.165) is 11.1 Å². The van der Waals surface area contributed by atoms with E-state index >= 15 is 0 Å². The van der Waals surface area contributed by atoms with E-state index in [1.165, 1.54) is 0 Å². The van der Waals surface area contributed by atoms with E-state index in [1.54, 1.807) is 18.9 Å². The number of rotatable bonds is 4. The molecule has 122 valence electrons. The summed E-state index contributed by atoms with van der Waals surface area (Å²) in [6.45, 7) is 8.52. The number of carbonyl (C=O) groups is 2. The summed E-state index contributed by atoms with van der Waals surface area (Å²) >= 11 is 5.49. The van der Waals surface area contributed by atoms with Gasteiger partial charge in [-0.05, 0) is 27.7 Å². The third kappa shape index (κ3) is 2.57. The van der Waals surface area contributed by atoms with Crippen molar-refractivity contribution in [1.82, 2.24) is 10.4 Å². The van der Waals surface area contributed by atoms with Gasteiger partial charge in [-0.1, -0.05) is 23.4 Å². The van der Waals surface area contributed by atoms with Crippen LogP contribution >= 0.6 is 12.2 Å². The number of thiocarbonyl (C=S) groups is 1. The van der Waals surface area contributed by atoms with Gasteiger partial charge in [0.05, 0.1) is 18.1 Å². The fraction of sp³-hybridized carbons (Fsp3) is 0.667. The van der Waals surface area contributed by atoms with E-state index in [0.29, 0.717) is 17.8 Å². The SMILES string of the molecule is CCOC(=O)C1NN2CC(C)=C(C)CC2(C(=O)OCC)C1=S. The van der Waals surface area contributed by atoms with Crippen molar-refractivity contribution in [3.63, 3.8) is 0 Å². The van der Waals surface area contributed by atoms with E-state index in [4.69, 9.17) is 21.7 Å². The molecule has 0 aromatic heterocycles. The maximum Gasteiger partial charge on any atom is 0.333 e. The van der Waals surface area contributed by atoms with Gasteiger partial charge in [0, 0.05) is 13.0 Å². The topological polar surface area (TPSA) is 67.9 Å². The second-order valence-electron chi connectivity index (χ2n) is 5.58. The van der Waals surface area contributed by atoms with Crippen molar-refractivity contribution < 1.29 is 19.1 Å². The summed E-state index contributed by atoms with van der Waals surface area (Å²) in [7, 11) is 0. The predicted molar refractivity (Wildman–Crippen MR) is 85.2 cm³/mol. The van der Waals surface area contributed by atoms with E-state index in [2.05, 4.69) is 5.43 Å². The van der Waals surface area contributed by atoms with Gasteiger partial charge in [0.25, 0.3) is 0 Å². The number of nitrogens with zero attached hydrogens (tertiary/aromatic N) is 1. The first-order valence-corrected chi connectivity index (χ1v) is 7.86. The first kappa shape index (κ1) is 17.1. The van der Waals surface area contributed by atoms with Gasteiger partial charge in [-0.15, -0.1) is 0 Å². The number of esters is 2. The Morgan fingerprint density at radius 3 is 2.50 bits per heavy atom. The molecule has 2 atom stereocenters. The predicted octanol–water partition coefficient (Wildman–Crippen LogP) is 1.15. The molecule has 0 saturated carbocycles. The average molecular weight is 326 g/mol. The highest BCUT2D eigenvalue weighted by molar-refractivity contribution is 7.81. The lowest BCUT2D eigenvalue weighted by Crippen LogP contribution is -2.59. The largest absolute Gasteiger partial charge is 0.465 e. The summed E-state index contributed by atoms with van der Waals surface area (Å²) in [5, 5.41) is 1.73. The highest BCUT2D eigenvalue weighted by atomic mass is 32.1. The molecule has 0 amide bonds. The van der Waals surface area contributed by atoms with Crippen LogP contribution in [0.2, 0.25) is 0 Å². The first-order valence-electron chi connectivity index (χ1n) is 7.45. The van der Waals surface area contributed by atoms with Gasteiger partial charge in [0.15, 0.2) is 11.6 Å². The summed E-state index contributed by atoms with van der Waals surface area (Å²) in [6.07, 6.45) is 0.430. The van der Waals surface area contributed by atoms with Crippen molar-refractivity contribution in [3.05, 3.63) is 11.1 Å². The zero-order valence-corrected chi connectivity index (χ0v) is 14.2. The minimum Gasteiger partial charge on any atom is -0.465 e. The van der Waals surface area contributed by atoms with Crippen LogP contribution < -0.4 is 5.43 Å². The zero-order chi connectivity index (χ0) is 16.5. The molecular weight excluding hydrogens is 304 g/mol. The molecule has 0 aliphatic carbocycles. The Kier molecular flexibility index (Phi) is 4.99. The van der Waals surface area contributed by atoms with Crippen molar-refractivity contribution in [3.8, 4) is 0 Å². The molecule has 0 aromatic carbocycles. The minimum atomic E-state index is -1.10. The monoisotopic (exact) mass is 326 g/mol. The first-order chi connectivity index (χ1) is 10.4. The number of carbonyl (C=O) groups excluding carboxylic acids is 2. The van der Waals surface area contributed by atoms with Crippen molar-refractivity contribution in [2.75, 3.05) is 19.8 Å². The van der Waals surface area contributed by atoms with Crippen molar-refractivity contribution in [1.29, 1.82) is 0 Å². The fourth-order valence-corrected chi connectivity index (χ4v) is 3.30. The quantitative estimate of drug-likeness (QED) is 0.472. The highest BCUT2D eigenvalue weighted by Crippen LogP contribution is 2.38. The Morgan fingerprint density at radius 2 is 1.91 bits per heavy atom. The lowest BCUT2D eigenvalue weighted by atomic mass is 9.82. The number of nitrogens with one attached hydrogen (secondary N) is 1. The molecular formula is C15H22N2O4S. The molecule has 22 heavy (non-hydrogen) atoms. The summed E-state index contributed by atoms with van der Waals surface area (Å²) in [5.41, 5.74) is 4.18. The van der Waals surface area contributed by atoms with Crippen molar-refractivity contribution in [2.24, 2.45) is 0 Å². The number of hydrogen-bond donors (Lipinski definition) is 1. The lowest BCUT2D eigenvalue weighted by Gasteiger charge is -2.39. The van der Waals surface area contributed by atoms with Crippen LogP contribution in [0, 0.1) is 0 Å². The standard InChI is InChI=1S/C15H22N2O4S/c1-5-20-13(18)11-12(22)15(14(19)21-6-2)7-9(3)10(4)8-17(15)16-11/h11,16H,5-8H2,1-4H3. The van der Waals surface area contributed by atoms with Gasteiger partial charge in [-0.3, -0.25) is 0 Å². The molecule has 6 nitrogen and oxygen atoms in total. The second kappa shape index (κ2) is 6.44. The van der Waals surface area contributed by atoms with Crippen molar-refractivity contribution >= 4 is 29.0 Å². The Bertz CT molecular complexity index is 546. The molecule has 1 saturated heterocycles. The summed E-state index contributed by atoms with van der Waals surface area (Å²) in [5.74, 6) is -0.868. The Labute approximate surface area is 135 Å².